The van der Waals surface area contributed by atoms with Crippen LogP contribution in [0.5, 0.6) is 0 Å². The van der Waals surface area contributed by atoms with Gasteiger partial charge in [-0.25, -0.2) is 9.97 Å². The topological polar surface area (TPSA) is 71.3 Å². The third-order valence-electron chi connectivity index (χ3n) is 4.98. The lowest BCUT2D eigenvalue weighted by atomic mass is 10.1. The number of hydrogen-bond donors (Lipinski definition) is 0. The molecule has 0 unspecified atom stereocenters. The first-order valence-electron chi connectivity index (χ1n) is 9.12. The first-order chi connectivity index (χ1) is 13.5. The Balaban J connectivity index is 1.47. The Labute approximate surface area is 167 Å². The molecule has 0 aliphatic carbocycles. The van der Waals surface area contributed by atoms with Crippen molar-refractivity contribution in [3.05, 3.63) is 63.5 Å². The van der Waals surface area contributed by atoms with Crippen LogP contribution in [0.2, 0.25) is 5.02 Å². The number of rotatable bonds is 3. The molecule has 1 aromatic carbocycles. The average molecular weight is 398 g/mol. The van der Waals surface area contributed by atoms with Gasteiger partial charge in [-0.3, -0.25) is 14.2 Å². The summed E-state index contributed by atoms with van der Waals surface area (Å²) >= 11 is 6.00. The molecule has 8 heteroatoms. The van der Waals surface area contributed by atoms with E-state index < -0.39 is 0 Å². The molecule has 1 amide bonds. The maximum Gasteiger partial charge on any atom is 0.294 e. The maximum absolute atomic E-state index is 12.7. The smallest absolute Gasteiger partial charge is 0.294 e. The Morgan fingerprint density at radius 3 is 2.68 bits per heavy atom. The second-order valence-electron chi connectivity index (χ2n) is 6.82. The van der Waals surface area contributed by atoms with Crippen LogP contribution in [0, 0.1) is 0 Å². The number of hydrogen-bond acceptors (Lipinski definition) is 5. The SMILES string of the molecule is Cn1c(=O)c(N2CCN(C(=O)Cc3cccc(Cl)c3)CC2)nc2cccnc21. The molecule has 28 heavy (non-hydrogen) atoms. The highest BCUT2D eigenvalue weighted by molar-refractivity contribution is 6.30. The van der Waals surface area contributed by atoms with E-state index in [2.05, 4.69) is 9.97 Å². The maximum atomic E-state index is 12.7. The Bertz CT molecular complexity index is 1090. The molecule has 7 nitrogen and oxygen atoms in total. The molecular formula is C20H20ClN5O2. The summed E-state index contributed by atoms with van der Waals surface area (Å²) < 4.78 is 1.52. The number of aromatic nitrogens is 3. The first kappa shape index (κ1) is 18.4. The predicted molar refractivity (Wildman–Crippen MR) is 109 cm³/mol. The molecule has 1 aliphatic heterocycles. The number of benzene rings is 1. The van der Waals surface area contributed by atoms with Crippen LogP contribution in [0.25, 0.3) is 11.2 Å². The van der Waals surface area contributed by atoms with Gasteiger partial charge in [-0.05, 0) is 29.8 Å². The van der Waals surface area contributed by atoms with Crippen LogP contribution in [0.1, 0.15) is 5.56 Å². The van der Waals surface area contributed by atoms with E-state index in [1.165, 1.54) is 4.57 Å². The zero-order valence-electron chi connectivity index (χ0n) is 15.5. The summed E-state index contributed by atoms with van der Waals surface area (Å²) in [6.45, 7) is 2.23. The number of carbonyl (C=O) groups is 1. The quantitative estimate of drug-likeness (QED) is 0.674. The molecule has 0 atom stereocenters. The number of amides is 1. The molecule has 144 valence electrons. The van der Waals surface area contributed by atoms with Crippen molar-refractivity contribution in [1.82, 2.24) is 19.4 Å². The van der Waals surface area contributed by atoms with Gasteiger partial charge in [0.15, 0.2) is 11.5 Å². The van der Waals surface area contributed by atoms with Crippen molar-refractivity contribution in [2.45, 2.75) is 6.42 Å². The minimum atomic E-state index is -0.176. The van der Waals surface area contributed by atoms with Gasteiger partial charge >= 0.3 is 0 Å². The predicted octanol–water partition coefficient (Wildman–Crippen LogP) is 1.87. The summed E-state index contributed by atoms with van der Waals surface area (Å²) in [6, 6.07) is 11.0. The number of nitrogens with zero attached hydrogens (tertiary/aromatic N) is 5. The van der Waals surface area contributed by atoms with E-state index in [1.807, 2.05) is 34.1 Å². The molecule has 1 fully saturated rings. The average Bonchev–Trinajstić information content (AvgIpc) is 2.71. The fourth-order valence-corrected chi connectivity index (χ4v) is 3.66. The van der Waals surface area contributed by atoms with E-state index in [4.69, 9.17) is 11.6 Å². The largest absolute Gasteiger partial charge is 0.348 e. The van der Waals surface area contributed by atoms with E-state index >= 15 is 0 Å². The second kappa shape index (κ2) is 7.59. The van der Waals surface area contributed by atoms with E-state index in [-0.39, 0.29) is 11.5 Å². The number of halogens is 1. The normalized spacial score (nSPS) is 14.5. The summed E-state index contributed by atoms with van der Waals surface area (Å²) in [5, 5.41) is 0.628. The molecule has 0 spiro atoms. The van der Waals surface area contributed by atoms with Crippen molar-refractivity contribution in [1.29, 1.82) is 0 Å². The Kier molecular flexibility index (Phi) is 5.00. The zero-order chi connectivity index (χ0) is 19.7. The molecule has 2 aromatic heterocycles. The first-order valence-corrected chi connectivity index (χ1v) is 9.49. The van der Waals surface area contributed by atoms with Gasteiger partial charge in [-0.2, -0.15) is 0 Å². The van der Waals surface area contributed by atoms with Gasteiger partial charge in [0.25, 0.3) is 5.56 Å². The standard InChI is InChI=1S/C20H20ClN5O2/c1-24-18-16(6-3-7-22-18)23-19(20(24)28)26-10-8-25(9-11-26)17(27)13-14-4-2-5-15(21)12-14/h2-7,12H,8-11,13H2,1H3. The molecule has 4 rings (SSSR count). The molecule has 3 heterocycles. The lowest BCUT2D eigenvalue weighted by Gasteiger charge is -2.35. The number of piperazine rings is 1. The Morgan fingerprint density at radius 2 is 1.93 bits per heavy atom. The van der Waals surface area contributed by atoms with Crippen molar-refractivity contribution >= 4 is 34.5 Å². The third-order valence-corrected chi connectivity index (χ3v) is 5.22. The highest BCUT2D eigenvalue weighted by Gasteiger charge is 2.24. The highest BCUT2D eigenvalue weighted by atomic mass is 35.5. The molecule has 0 radical (unpaired) electrons. The van der Waals surface area contributed by atoms with Crippen LogP contribution in [0.15, 0.2) is 47.4 Å². The zero-order valence-corrected chi connectivity index (χ0v) is 16.3. The van der Waals surface area contributed by atoms with Gasteiger partial charge in [-0.15, -0.1) is 0 Å². The van der Waals surface area contributed by atoms with Crippen molar-refractivity contribution in [2.75, 3.05) is 31.1 Å². The van der Waals surface area contributed by atoms with Crippen molar-refractivity contribution in [2.24, 2.45) is 7.05 Å². The number of anilines is 1. The Morgan fingerprint density at radius 1 is 1.14 bits per heavy atom. The number of pyridine rings is 1. The molecular weight excluding hydrogens is 378 g/mol. The van der Waals surface area contributed by atoms with Gasteiger partial charge in [0.05, 0.1) is 6.42 Å². The minimum Gasteiger partial charge on any atom is -0.348 e. The summed E-state index contributed by atoms with van der Waals surface area (Å²) in [6.07, 6.45) is 1.97. The lowest BCUT2D eigenvalue weighted by Crippen LogP contribution is -2.51. The van der Waals surface area contributed by atoms with Gasteiger partial charge in [0.2, 0.25) is 5.91 Å². The van der Waals surface area contributed by atoms with Gasteiger partial charge in [0.1, 0.15) is 5.52 Å². The monoisotopic (exact) mass is 397 g/mol. The number of fused-ring (bicyclic) bond motifs is 1. The fraction of sp³-hybridized carbons (Fsp3) is 0.300. The molecule has 0 bridgehead atoms. The molecule has 0 N–H and O–H groups in total. The van der Waals surface area contributed by atoms with Gasteiger partial charge in [0, 0.05) is 44.4 Å². The summed E-state index contributed by atoms with van der Waals surface area (Å²) in [5.41, 5.74) is 1.97. The fourth-order valence-electron chi connectivity index (χ4n) is 3.45. The summed E-state index contributed by atoms with van der Waals surface area (Å²) in [4.78, 5) is 37.8. The summed E-state index contributed by atoms with van der Waals surface area (Å²) in [7, 11) is 1.70. The van der Waals surface area contributed by atoms with Crippen molar-refractivity contribution < 1.29 is 4.79 Å². The molecule has 1 aliphatic rings. The van der Waals surface area contributed by atoms with Crippen LogP contribution < -0.4 is 10.5 Å². The van der Waals surface area contributed by atoms with E-state index in [0.717, 1.165) is 5.56 Å². The van der Waals surface area contributed by atoms with Crippen molar-refractivity contribution in [3.63, 3.8) is 0 Å². The van der Waals surface area contributed by atoms with Crippen LogP contribution in [0.4, 0.5) is 5.82 Å². The number of carbonyl (C=O) groups excluding carboxylic acids is 1. The second-order valence-corrected chi connectivity index (χ2v) is 7.26. The van der Waals surface area contributed by atoms with Crippen LogP contribution >= 0.6 is 11.6 Å². The molecule has 3 aromatic rings. The molecule has 0 saturated carbocycles. The lowest BCUT2D eigenvalue weighted by molar-refractivity contribution is -0.130. The van der Waals surface area contributed by atoms with E-state index in [0.29, 0.717) is 54.6 Å². The van der Waals surface area contributed by atoms with Crippen molar-refractivity contribution in [3.8, 4) is 0 Å². The molecule has 1 saturated heterocycles. The minimum absolute atomic E-state index is 0.0606. The van der Waals surface area contributed by atoms with Crippen LogP contribution in [0.3, 0.4) is 0 Å². The van der Waals surface area contributed by atoms with Gasteiger partial charge < -0.3 is 9.80 Å². The van der Waals surface area contributed by atoms with E-state index in [9.17, 15) is 9.59 Å². The van der Waals surface area contributed by atoms with Gasteiger partial charge in [-0.1, -0.05) is 23.7 Å². The summed E-state index contributed by atoms with van der Waals surface area (Å²) in [5.74, 6) is 0.468. The third kappa shape index (κ3) is 3.57. The number of aryl methyl sites for hydroxylation is 1. The van der Waals surface area contributed by atoms with Crippen LogP contribution in [-0.4, -0.2) is 51.5 Å². The highest BCUT2D eigenvalue weighted by Crippen LogP contribution is 2.16. The van der Waals surface area contributed by atoms with Crippen LogP contribution in [-0.2, 0) is 18.3 Å². The van der Waals surface area contributed by atoms with E-state index in [1.54, 1.807) is 25.4 Å². The Hall–Kier alpha value is -2.93.